The number of nitrogens with zero attached hydrogens (tertiary/aromatic N) is 1. The molecule has 1 rings (SSSR count). The molecule has 0 spiro atoms. The Bertz CT molecular complexity index is 302. The Kier molecular flexibility index (Phi) is 3.71. The second-order valence-corrected chi connectivity index (χ2v) is 2.92. The van der Waals surface area contributed by atoms with Crippen LogP contribution in [0.2, 0.25) is 5.02 Å². The average Bonchev–Trinajstić information content (AvgIpc) is 2.09. The van der Waals surface area contributed by atoms with Gasteiger partial charge < -0.3 is 5.32 Å². The second kappa shape index (κ2) is 4.82. The lowest BCUT2D eigenvalue weighted by molar-refractivity contribution is 0.624. The fraction of sp³-hybridized carbons (Fsp3) is 0.222. The first-order valence-electron chi connectivity index (χ1n) is 3.90. The number of pyridine rings is 1. The first-order chi connectivity index (χ1) is 6.24. The number of aromatic nitrogens is 1. The minimum atomic E-state index is -0.434. The highest BCUT2D eigenvalue weighted by molar-refractivity contribution is 6.30. The van der Waals surface area contributed by atoms with E-state index in [1.54, 1.807) is 6.08 Å². The number of rotatable bonds is 4. The predicted molar refractivity (Wildman–Crippen MR) is 52.5 cm³/mol. The van der Waals surface area contributed by atoms with Crippen LogP contribution in [0, 0.1) is 5.82 Å². The molecule has 0 aliphatic rings. The molecule has 0 aromatic carbocycles. The van der Waals surface area contributed by atoms with Crippen LogP contribution in [0.15, 0.2) is 24.9 Å². The van der Waals surface area contributed by atoms with Gasteiger partial charge in [-0.15, -0.1) is 6.58 Å². The highest BCUT2D eigenvalue weighted by Gasteiger charge is 2.02. The van der Waals surface area contributed by atoms with Crippen molar-refractivity contribution in [3.05, 3.63) is 35.8 Å². The van der Waals surface area contributed by atoms with Crippen molar-refractivity contribution in [1.82, 2.24) is 4.98 Å². The SMILES string of the molecule is C=CCCNc1ncc(Cl)cc1F. The van der Waals surface area contributed by atoms with Crippen LogP contribution in [-0.4, -0.2) is 11.5 Å². The van der Waals surface area contributed by atoms with Crippen molar-refractivity contribution < 1.29 is 4.39 Å². The van der Waals surface area contributed by atoms with Crippen LogP contribution < -0.4 is 5.32 Å². The van der Waals surface area contributed by atoms with Crippen molar-refractivity contribution in [2.24, 2.45) is 0 Å². The Hall–Kier alpha value is -1.09. The third-order valence-electron chi connectivity index (χ3n) is 1.45. The zero-order valence-electron chi connectivity index (χ0n) is 7.06. The van der Waals surface area contributed by atoms with E-state index >= 15 is 0 Å². The molecule has 70 valence electrons. The van der Waals surface area contributed by atoms with Crippen LogP contribution >= 0.6 is 11.6 Å². The molecule has 0 aliphatic heterocycles. The average molecular weight is 201 g/mol. The van der Waals surface area contributed by atoms with Crippen molar-refractivity contribution in [2.45, 2.75) is 6.42 Å². The van der Waals surface area contributed by atoms with Gasteiger partial charge in [-0.1, -0.05) is 17.7 Å². The predicted octanol–water partition coefficient (Wildman–Crippen LogP) is 2.86. The van der Waals surface area contributed by atoms with E-state index in [1.807, 2.05) is 0 Å². The van der Waals surface area contributed by atoms with E-state index < -0.39 is 5.82 Å². The maximum absolute atomic E-state index is 13.0. The maximum atomic E-state index is 13.0. The molecule has 0 fully saturated rings. The van der Waals surface area contributed by atoms with E-state index in [9.17, 15) is 4.39 Å². The van der Waals surface area contributed by atoms with Crippen molar-refractivity contribution in [3.63, 3.8) is 0 Å². The fourth-order valence-corrected chi connectivity index (χ4v) is 0.982. The summed E-state index contributed by atoms with van der Waals surface area (Å²) in [5, 5.41) is 3.12. The van der Waals surface area contributed by atoms with Gasteiger partial charge in [-0.05, 0) is 12.5 Å². The van der Waals surface area contributed by atoms with Gasteiger partial charge in [0.2, 0.25) is 0 Å². The van der Waals surface area contributed by atoms with Crippen molar-refractivity contribution in [2.75, 3.05) is 11.9 Å². The molecule has 0 amide bonds. The number of hydrogen-bond acceptors (Lipinski definition) is 2. The lowest BCUT2D eigenvalue weighted by Gasteiger charge is -2.04. The summed E-state index contributed by atoms with van der Waals surface area (Å²) >= 11 is 5.53. The normalized spacial score (nSPS) is 9.69. The van der Waals surface area contributed by atoms with Crippen LogP contribution in [-0.2, 0) is 0 Å². The van der Waals surface area contributed by atoms with Gasteiger partial charge >= 0.3 is 0 Å². The van der Waals surface area contributed by atoms with Crippen LogP contribution in [0.4, 0.5) is 10.2 Å². The summed E-state index contributed by atoms with van der Waals surface area (Å²) in [6.45, 7) is 4.17. The Morgan fingerprint density at radius 1 is 1.69 bits per heavy atom. The molecule has 13 heavy (non-hydrogen) atoms. The first-order valence-corrected chi connectivity index (χ1v) is 4.27. The quantitative estimate of drug-likeness (QED) is 0.597. The summed E-state index contributed by atoms with van der Waals surface area (Å²) in [7, 11) is 0. The van der Waals surface area contributed by atoms with Gasteiger partial charge in [0, 0.05) is 12.7 Å². The van der Waals surface area contributed by atoms with E-state index in [2.05, 4.69) is 16.9 Å². The smallest absolute Gasteiger partial charge is 0.166 e. The number of hydrogen-bond donors (Lipinski definition) is 1. The molecule has 1 N–H and O–H groups in total. The van der Waals surface area contributed by atoms with Crippen LogP contribution in [0.5, 0.6) is 0 Å². The van der Waals surface area contributed by atoms with Gasteiger partial charge in [0.1, 0.15) is 0 Å². The van der Waals surface area contributed by atoms with E-state index in [0.717, 1.165) is 6.42 Å². The van der Waals surface area contributed by atoms with Crippen molar-refractivity contribution >= 4 is 17.4 Å². The van der Waals surface area contributed by atoms with Gasteiger partial charge in [0.15, 0.2) is 11.6 Å². The molecule has 1 aromatic heterocycles. The monoisotopic (exact) mass is 200 g/mol. The molecule has 4 heteroatoms. The third kappa shape index (κ3) is 3.03. The Labute approximate surface area is 81.4 Å². The molecule has 0 unspecified atom stereocenters. The molecule has 2 nitrogen and oxygen atoms in total. The van der Waals surface area contributed by atoms with Gasteiger partial charge in [-0.25, -0.2) is 9.37 Å². The van der Waals surface area contributed by atoms with Gasteiger partial charge in [0.05, 0.1) is 5.02 Å². The van der Waals surface area contributed by atoms with Crippen LogP contribution in [0.3, 0.4) is 0 Å². The summed E-state index contributed by atoms with van der Waals surface area (Å²) < 4.78 is 13.0. The summed E-state index contributed by atoms with van der Waals surface area (Å²) in [5.74, 6) is -0.206. The van der Waals surface area contributed by atoms with E-state index in [4.69, 9.17) is 11.6 Å². The van der Waals surface area contributed by atoms with Gasteiger partial charge in [-0.3, -0.25) is 0 Å². The molecule has 0 saturated carbocycles. The standard InChI is InChI=1S/C9H10ClFN2/c1-2-3-4-12-9-8(11)5-7(10)6-13-9/h2,5-6H,1,3-4H2,(H,12,13). The van der Waals surface area contributed by atoms with Crippen LogP contribution in [0.25, 0.3) is 0 Å². The van der Waals surface area contributed by atoms with Crippen molar-refractivity contribution in [1.29, 1.82) is 0 Å². The summed E-state index contributed by atoms with van der Waals surface area (Å²) in [5.41, 5.74) is 0. The lowest BCUT2D eigenvalue weighted by Crippen LogP contribution is -2.04. The molecule has 0 aliphatic carbocycles. The summed E-state index contributed by atoms with van der Waals surface area (Å²) in [4.78, 5) is 3.80. The van der Waals surface area contributed by atoms with Gasteiger partial charge in [0.25, 0.3) is 0 Å². The lowest BCUT2D eigenvalue weighted by atomic mass is 10.4. The van der Waals surface area contributed by atoms with Gasteiger partial charge in [-0.2, -0.15) is 0 Å². The highest BCUT2D eigenvalue weighted by atomic mass is 35.5. The van der Waals surface area contributed by atoms with Crippen LogP contribution in [0.1, 0.15) is 6.42 Å². The second-order valence-electron chi connectivity index (χ2n) is 2.49. The molecule has 0 bridgehead atoms. The zero-order valence-corrected chi connectivity index (χ0v) is 7.81. The van der Waals surface area contributed by atoms with E-state index in [1.165, 1.54) is 12.3 Å². The first kappa shape index (κ1) is 9.99. The molecule has 1 heterocycles. The fourth-order valence-electron chi connectivity index (χ4n) is 0.837. The Morgan fingerprint density at radius 3 is 3.08 bits per heavy atom. The van der Waals surface area contributed by atoms with E-state index in [-0.39, 0.29) is 5.82 Å². The van der Waals surface area contributed by atoms with Crippen molar-refractivity contribution in [3.8, 4) is 0 Å². The number of anilines is 1. The maximum Gasteiger partial charge on any atom is 0.166 e. The molecule has 0 saturated heterocycles. The number of halogens is 2. The Balaban J connectivity index is 2.61. The minimum Gasteiger partial charge on any atom is -0.367 e. The largest absolute Gasteiger partial charge is 0.367 e. The molecular weight excluding hydrogens is 191 g/mol. The molecular formula is C9H10ClFN2. The third-order valence-corrected chi connectivity index (χ3v) is 1.66. The summed E-state index contributed by atoms with van der Waals surface area (Å²) in [6.07, 6.45) is 3.92. The molecule has 0 atom stereocenters. The molecule has 0 radical (unpaired) electrons. The molecule has 1 aromatic rings. The number of nitrogens with one attached hydrogen (secondary N) is 1. The minimum absolute atomic E-state index is 0.228. The summed E-state index contributed by atoms with van der Waals surface area (Å²) in [6, 6.07) is 1.23. The Morgan fingerprint density at radius 2 is 2.46 bits per heavy atom. The van der Waals surface area contributed by atoms with E-state index in [0.29, 0.717) is 11.6 Å². The highest BCUT2D eigenvalue weighted by Crippen LogP contribution is 2.15. The zero-order chi connectivity index (χ0) is 9.68. The topological polar surface area (TPSA) is 24.9 Å².